The van der Waals surface area contributed by atoms with Crippen LogP contribution in [0.25, 0.3) is 0 Å². The van der Waals surface area contributed by atoms with Gasteiger partial charge in [-0.1, -0.05) is 6.92 Å². The first-order chi connectivity index (χ1) is 10.5. The zero-order chi connectivity index (χ0) is 16.1. The minimum absolute atomic E-state index is 0.00618. The smallest absolute Gasteiger partial charge is 0.245 e. The third-order valence-corrected chi connectivity index (χ3v) is 4.33. The van der Waals surface area contributed by atoms with Crippen LogP contribution in [-0.2, 0) is 19.1 Å². The van der Waals surface area contributed by atoms with Crippen molar-refractivity contribution in [2.24, 2.45) is 5.73 Å². The molecule has 2 saturated heterocycles. The molecular formula is C15H25N3O4. The Balaban J connectivity index is 1.92. The van der Waals surface area contributed by atoms with Crippen LogP contribution in [0.2, 0.25) is 0 Å². The number of nitrogens with zero attached hydrogens (tertiary/aromatic N) is 2. The first-order valence-corrected chi connectivity index (χ1v) is 8.01. The van der Waals surface area contributed by atoms with Gasteiger partial charge in [0.05, 0.1) is 6.10 Å². The number of hydrogen-bond acceptors (Lipinski definition) is 4. The molecule has 0 saturated carbocycles. The molecule has 0 spiro atoms. The molecular weight excluding hydrogens is 286 g/mol. The standard InChI is InChI=1S/C15H25N3O4/c1-2-14(20)18-7-4-3-5-12(18)15(21)17-8-6-11(9-17)22-10-13(16)19/h11-12H,2-10H2,1H3,(H2,16,19). The van der Waals surface area contributed by atoms with E-state index in [1.54, 1.807) is 9.80 Å². The highest BCUT2D eigenvalue weighted by Gasteiger charge is 2.37. The number of primary amides is 1. The fourth-order valence-corrected chi connectivity index (χ4v) is 3.17. The molecule has 0 aliphatic carbocycles. The monoisotopic (exact) mass is 311 g/mol. The average molecular weight is 311 g/mol. The number of hydrogen-bond donors (Lipinski definition) is 1. The zero-order valence-electron chi connectivity index (χ0n) is 13.1. The molecule has 0 radical (unpaired) electrons. The van der Waals surface area contributed by atoms with Crippen LogP contribution < -0.4 is 5.73 Å². The minimum atomic E-state index is -0.503. The lowest BCUT2D eigenvalue weighted by atomic mass is 10.0. The Labute approximate surface area is 130 Å². The van der Waals surface area contributed by atoms with Crippen molar-refractivity contribution in [1.82, 2.24) is 9.80 Å². The van der Waals surface area contributed by atoms with E-state index in [0.29, 0.717) is 32.5 Å². The van der Waals surface area contributed by atoms with Crippen molar-refractivity contribution in [2.75, 3.05) is 26.2 Å². The number of piperidine rings is 1. The highest BCUT2D eigenvalue weighted by atomic mass is 16.5. The number of rotatable bonds is 5. The maximum atomic E-state index is 12.7. The van der Waals surface area contributed by atoms with Crippen LogP contribution >= 0.6 is 0 Å². The summed E-state index contributed by atoms with van der Waals surface area (Å²) in [4.78, 5) is 38.9. The number of carbonyl (C=O) groups is 3. The van der Waals surface area contributed by atoms with Crippen molar-refractivity contribution in [2.45, 2.75) is 51.2 Å². The summed E-state index contributed by atoms with van der Waals surface area (Å²) >= 11 is 0. The normalized spacial score (nSPS) is 25.3. The first-order valence-electron chi connectivity index (χ1n) is 8.01. The Hall–Kier alpha value is -1.63. The maximum absolute atomic E-state index is 12.7. The molecule has 2 rings (SSSR count). The summed E-state index contributed by atoms with van der Waals surface area (Å²) in [7, 11) is 0. The Kier molecular flexibility index (Phi) is 5.76. The summed E-state index contributed by atoms with van der Waals surface area (Å²) in [6.45, 7) is 3.45. The molecule has 7 heteroatoms. The summed E-state index contributed by atoms with van der Waals surface area (Å²) in [5.41, 5.74) is 5.06. The Bertz CT molecular complexity index is 441. The summed E-state index contributed by atoms with van der Waals surface area (Å²) in [6, 6.07) is -0.337. The summed E-state index contributed by atoms with van der Waals surface area (Å²) in [6.07, 6.45) is 3.64. The molecule has 0 aromatic carbocycles. The van der Waals surface area contributed by atoms with Crippen LogP contribution in [0.1, 0.15) is 39.0 Å². The van der Waals surface area contributed by atoms with Crippen molar-refractivity contribution in [3.8, 4) is 0 Å². The number of carbonyl (C=O) groups excluding carboxylic acids is 3. The molecule has 124 valence electrons. The molecule has 2 N–H and O–H groups in total. The van der Waals surface area contributed by atoms with Gasteiger partial charge in [-0.05, 0) is 25.7 Å². The predicted molar refractivity (Wildman–Crippen MR) is 79.8 cm³/mol. The number of nitrogens with two attached hydrogens (primary N) is 1. The van der Waals surface area contributed by atoms with E-state index in [1.165, 1.54) is 0 Å². The van der Waals surface area contributed by atoms with Gasteiger partial charge in [0.15, 0.2) is 0 Å². The number of ether oxygens (including phenoxy) is 1. The lowest BCUT2D eigenvalue weighted by molar-refractivity contribution is -0.147. The zero-order valence-corrected chi connectivity index (χ0v) is 13.1. The Morgan fingerprint density at radius 1 is 1.18 bits per heavy atom. The molecule has 2 atom stereocenters. The van der Waals surface area contributed by atoms with E-state index in [4.69, 9.17) is 10.5 Å². The van der Waals surface area contributed by atoms with Crippen LogP contribution in [0, 0.1) is 0 Å². The topological polar surface area (TPSA) is 92.9 Å². The van der Waals surface area contributed by atoms with E-state index in [9.17, 15) is 14.4 Å². The van der Waals surface area contributed by atoms with E-state index in [0.717, 1.165) is 19.3 Å². The third-order valence-electron chi connectivity index (χ3n) is 4.33. The predicted octanol–water partition coefficient (Wildman–Crippen LogP) is -0.120. The van der Waals surface area contributed by atoms with E-state index in [2.05, 4.69) is 0 Å². The van der Waals surface area contributed by atoms with Gasteiger partial charge in [-0.2, -0.15) is 0 Å². The molecule has 2 aliphatic heterocycles. The van der Waals surface area contributed by atoms with Crippen molar-refractivity contribution >= 4 is 17.7 Å². The van der Waals surface area contributed by atoms with Crippen molar-refractivity contribution < 1.29 is 19.1 Å². The SMILES string of the molecule is CCC(=O)N1CCCCC1C(=O)N1CCC(OCC(N)=O)C1. The molecule has 0 aromatic heterocycles. The van der Waals surface area contributed by atoms with Gasteiger partial charge >= 0.3 is 0 Å². The Morgan fingerprint density at radius 3 is 2.64 bits per heavy atom. The maximum Gasteiger partial charge on any atom is 0.245 e. The van der Waals surface area contributed by atoms with Crippen LogP contribution in [0.5, 0.6) is 0 Å². The van der Waals surface area contributed by atoms with Gasteiger partial charge in [0.2, 0.25) is 17.7 Å². The van der Waals surface area contributed by atoms with Crippen molar-refractivity contribution in [3.63, 3.8) is 0 Å². The Morgan fingerprint density at radius 2 is 1.95 bits per heavy atom. The second kappa shape index (κ2) is 7.58. The first kappa shape index (κ1) is 16.7. The molecule has 2 unspecified atom stereocenters. The second-order valence-electron chi connectivity index (χ2n) is 5.92. The molecule has 2 fully saturated rings. The molecule has 2 heterocycles. The highest BCUT2D eigenvalue weighted by Crippen LogP contribution is 2.22. The quantitative estimate of drug-likeness (QED) is 0.766. The molecule has 2 aliphatic rings. The summed E-state index contributed by atoms with van der Waals surface area (Å²) in [5, 5.41) is 0. The van der Waals surface area contributed by atoms with E-state index in [-0.39, 0.29) is 30.6 Å². The van der Waals surface area contributed by atoms with E-state index < -0.39 is 5.91 Å². The van der Waals surface area contributed by atoms with Crippen molar-refractivity contribution in [1.29, 1.82) is 0 Å². The van der Waals surface area contributed by atoms with Gasteiger partial charge in [-0.15, -0.1) is 0 Å². The minimum Gasteiger partial charge on any atom is -0.368 e. The van der Waals surface area contributed by atoms with E-state index >= 15 is 0 Å². The fourth-order valence-electron chi connectivity index (χ4n) is 3.17. The van der Waals surface area contributed by atoms with Crippen LogP contribution in [0.4, 0.5) is 0 Å². The van der Waals surface area contributed by atoms with Gasteiger partial charge in [0, 0.05) is 26.1 Å². The fraction of sp³-hybridized carbons (Fsp3) is 0.800. The summed E-state index contributed by atoms with van der Waals surface area (Å²) < 4.78 is 5.38. The van der Waals surface area contributed by atoms with Gasteiger partial charge in [-0.25, -0.2) is 0 Å². The summed E-state index contributed by atoms with van der Waals surface area (Å²) in [5.74, 6) is -0.456. The molecule has 22 heavy (non-hydrogen) atoms. The van der Waals surface area contributed by atoms with Crippen LogP contribution in [0.15, 0.2) is 0 Å². The van der Waals surface area contributed by atoms with Crippen LogP contribution in [-0.4, -0.2) is 65.9 Å². The second-order valence-corrected chi connectivity index (χ2v) is 5.92. The van der Waals surface area contributed by atoms with Gasteiger partial charge < -0.3 is 20.3 Å². The van der Waals surface area contributed by atoms with Crippen LogP contribution in [0.3, 0.4) is 0 Å². The highest BCUT2D eigenvalue weighted by molar-refractivity contribution is 5.88. The molecule has 0 bridgehead atoms. The lowest BCUT2D eigenvalue weighted by Gasteiger charge is -2.36. The van der Waals surface area contributed by atoms with Crippen molar-refractivity contribution in [3.05, 3.63) is 0 Å². The van der Waals surface area contributed by atoms with Gasteiger partial charge in [-0.3, -0.25) is 14.4 Å². The molecule has 0 aromatic rings. The average Bonchev–Trinajstić information content (AvgIpc) is 3.00. The third kappa shape index (κ3) is 3.97. The molecule has 7 nitrogen and oxygen atoms in total. The van der Waals surface area contributed by atoms with Gasteiger partial charge in [0.1, 0.15) is 12.6 Å². The number of amides is 3. The van der Waals surface area contributed by atoms with Gasteiger partial charge in [0.25, 0.3) is 0 Å². The lowest BCUT2D eigenvalue weighted by Crippen LogP contribution is -2.52. The largest absolute Gasteiger partial charge is 0.368 e. The van der Waals surface area contributed by atoms with E-state index in [1.807, 2.05) is 6.92 Å². The molecule has 3 amide bonds. The number of likely N-dealkylation sites (tertiary alicyclic amines) is 2.